The number of piperidine rings is 1. The lowest BCUT2D eigenvalue weighted by atomic mass is 10.0. The molecule has 32 heavy (non-hydrogen) atoms. The molecule has 166 valence electrons. The van der Waals surface area contributed by atoms with Crippen LogP contribution in [0.4, 0.5) is 10.1 Å². The molecule has 7 heteroatoms. The molecule has 2 unspecified atom stereocenters. The van der Waals surface area contributed by atoms with Gasteiger partial charge in [0.25, 0.3) is 0 Å². The van der Waals surface area contributed by atoms with Gasteiger partial charge in [0.05, 0.1) is 18.2 Å². The number of carbonyl (C=O) groups is 1. The molecule has 3 N–H and O–H groups in total. The molecule has 5 rings (SSSR count). The second kappa shape index (κ2) is 8.62. The molecule has 3 fully saturated rings. The lowest BCUT2D eigenvalue weighted by molar-refractivity contribution is -0.123. The van der Waals surface area contributed by atoms with Crippen molar-refractivity contribution in [3.05, 3.63) is 65.0 Å². The van der Waals surface area contributed by atoms with Gasteiger partial charge in [-0.1, -0.05) is 18.2 Å². The molecule has 0 spiro atoms. The van der Waals surface area contributed by atoms with Gasteiger partial charge in [0, 0.05) is 24.8 Å². The van der Waals surface area contributed by atoms with Crippen LogP contribution in [0.2, 0.25) is 0 Å². The topological polar surface area (TPSA) is 85.4 Å². The Morgan fingerprint density at radius 2 is 1.72 bits per heavy atom. The number of nitrogens with one attached hydrogen (secondary N) is 1. The zero-order chi connectivity index (χ0) is 22.2. The van der Waals surface area contributed by atoms with Crippen LogP contribution in [0.1, 0.15) is 60.9 Å². The van der Waals surface area contributed by atoms with Crippen LogP contribution in [-0.4, -0.2) is 36.1 Å². The molecule has 1 saturated carbocycles. The van der Waals surface area contributed by atoms with Crippen molar-refractivity contribution in [1.29, 1.82) is 5.26 Å². The van der Waals surface area contributed by atoms with Gasteiger partial charge in [-0.2, -0.15) is 5.26 Å². The van der Waals surface area contributed by atoms with Crippen LogP contribution < -0.4 is 16.0 Å². The van der Waals surface area contributed by atoms with Crippen LogP contribution >= 0.6 is 0 Å². The fourth-order valence-corrected chi connectivity index (χ4v) is 4.84. The number of nitrogens with zero attached hydrogens (tertiary/aromatic N) is 3. The van der Waals surface area contributed by atoms with Crippen LogP contribution in [-0.2, 0) is 4.79 Å². The lowest BCUT2D eigenvalue weighted by Crippen LogP contribution is -2.60. The van der Waals surface area contributed by atoms with Gasteiger partial charge in [0.2, 0.25) is 5.91 Å². The Morgan fingerprint density at radius 1 is 1.03 bits per heavy atom. The average Bonchev–Trinajstić information content (AvgIpc) is 3.65. The summed E-state index contributed by atoms with van der Waals surface area (Å²) in [5.41, 5.74) is 8.78. The summed E-state index contributed by atoms with van der Waals surface area (Å²) in [6.45, 7) is 1.66. The minimum Gasteiger partial charge on any atom is -0.328 e. The van der Waals surface area contributed by atoms with Gasteiger partial charge in [0.1, 0.15) is 18.1 Å². The number of nitriles is 1. The Labute approximate surface area is 187 Å². The number of amides is 1. The number of halogens is 1. The van der Waals surface area contributed by atoms with Gasteiger partial charge >= 0.3 is 0 Å². The lowest BCUT2D eigenvalue weighted by Gasteiger charge is -2.45. The number of carbonyl (C=O) groups excluding carboxylic acids is 1. The summed E-state index contributed by atoms with van der Waals surface area (Å²) in [5.74, 6) is 0.0596. The van der Waals surface area contributed by atoms with Crippen molar-refractivity contribution < 1.29 is 9.18 Å². The monoisotopic (exact) mass is 433 g/mol. The van der Waals surface area contributed by atoms with E-state index in [0.717, 1.165) is 31.6 Å². The smallest absolute Gasteiger partial charge is 0.231 e. The van der Waals surface area contributed by atoms with E-state index in [1.54, 1.807) is 11.0 Å². The minimum absolute atomic E-state index is 0.00205. The van der Waals surface area contributed by atoms with E-state index in [-0.39, 0.29) is 23.7 Å². The van der Waals surface area contributed by atoms with Crippen molar-refractivity contribution >= 4 is 11.6 Å². The summed E-state index contributed by atoms with van der Waals surface area (Å²) in [4.78, 5) is 17.4. The Morgan fingerprint density at radius 3 is 2.34 bits per heavy atom. The highest BCUT2D eigenvalue weighted by Gasteiger charge is 2.38. The summed E-state index contributed by atoms with van der Waals surface area (Å²) in [6, 6.07) is 14.8. The third kappa shape index (κ3) is 4.14. The van der Waals surface area contributed by atoms with Crippen LogP contribution in [0, 0.1) is 17.1 Å². The minimum atomic E-state index is -0.575. The third-order valence-electron chi connectivity index (χ3n) is 6.91. The third-order valence-corrected chi connectivity index (χ3v) is 6.91. The van der Waals surface area contributed by atoms with Crippen LogP contribution in [0.25, 0.3) is 0 Å². The first-order valence-electron chi connectivity index (χ1n) is 11.4. The summed E-state index contributed by atoms with van der Waals surface area (Å²) < 4.78 is 14.5. The van der Waals surface area contributed by atoms with E-state index in [1.165, 1.54) is 30.5 Å². The molecule has 2 aromatic rings. The quantitative estimate of drug-likeness (QED) is 0.772. The van der Waals surface area contributed by atoms with Gasteiger partial charge in [-0.15, -0.1) is 0 Å². The van der Waals surface area contributed by atoms with Crippen molar-refractivity contribution in [3.8, 4) is 6.07 Å². The average molecular weight is 434 g/mol. The molecular weight excluding hydrogens is 405 g/mol. The molecule has 2 atom stereocenters. The predicted molar refractivity (Wildman–Crippen MR) is 120 cm³/mol. The number of nitrogens with two attached hydrogens (primary N) is 1. The normalized spacial score (nSPS) is 25.0. The van der Waals surface area contributed by atoms with Crippen LogP contribution in [0.15, 0.2) is 42.5 Å². The van der Waals surface area contributed by atoms with Crippen molar-refractivity contribution in [2.45, 2.75) is 56.4 Å². The highest BCUT2D eigenvalue weighted by atomic mass is 19.1. The highest BCUT2D eigenvalue weighted by Crippen LogP contribution is 2.41. The first kappa shape index (κ1) is 21.1. The van der Waals surface area contributed by atoms with E-state index >= 15 is 0 Å². The standard InChI is InChI=1S/C25H28FN5O/c26-22-13-18(3-4-19(22)15-27)25-29-23(30-11-9-20(28)10-12-30)14-24(32)31(25)21-7-5-17(6-8-21)16-1-2-16/h3-8,13,16,20,23,25,29H,1-2,9-12,14,28H2. The summed E-state index contributed by atoms with van der Waals surface area (Å²) in [6.07, 6.45) is 3.92. The molecule has 2 saturated heterocycles. The van der Waals surface area contributed by atoms with Gasteiger partial charge in [-0.25, -0.2) is 4.39 Å². The molecular formula is C25H28FN5O. The number of benzene rings is 2. The molecule has 0 bridgehead atoms. The van der Waals surface area contributed by atoms with Crippen molar-refractivity contribution in [3.63, 3.8) is 0 Å². The van der Waals surface area contributed by atoms with E-state index in [9.17, 15) is 9.18 Å². The number of rotatable bonds is 4. The van der Waals surface area contributed by atoms with Gasteiger partial charge in [-0.05, 0) is 67.0 Å². The Hall–Kier alpha value is -2.79. The van der Waals surface area contributed by atoms with Crippen molar-refractivity contribution in [2.24, 2.45) is 5.73 Å². The fraction of sp³-hybridized carbons (Fsp3) is 0.440. The maximum atomic E-state index is 14.5. The number of hydrogen-bond donors (Lipinski definition) is 2. The maximum absolute atomic E-state index is 14.5. The van der Waals surface area contributed by atoms with Crippen molar-refractivity contribution in [1.82, 2.24) is 10.2 Å². The van der Waals surface area contributed by atoms with Crippen LogP contribution in [0.5, 0.6) is 0 Å². The summed E-state index contributed by atoms with van der Waals surface area (Å²) in [7, 11) is 0. The fourth-order valence-electron chi connectivity index (χ4n) is 4.84. The molecule has 2 heterocycles. The van der Waals surface area contributed by atoms with E-state index in [2.05, 4.69) is 22.3 Å². The van der Waals surface area contributed by atoms with Gasteiger partial charge < -0.3 is 5.73 Å². The largest absolute Gasteiger partial charge is 0.328 e. The van der Waals surface area contributed by atoms with Gasteiger partial charge in [-0.3, -0.25) is 19.9 Å². The van der Waals surface area contributed by atoms with E-state index in [4.69, 9.17) is 11.0 Å². The molecule has 2 aromatic carbocycles. The number of hydrogen-bond acceptors (Lipinski definition) is 5. The predicted octanol–water partition coefficient (Wildman–Crippen LogP) is 3.35. The highest BCUT2D eigenvalue weighted by molar-refractivity contribution is 5.95. The van der Waals surface area contributed by atoms with E-state index in [0.29, 0.717) is 17.9 Å². The van der Waals surface area contributed by atoms with Gasteiger partial charge in [0.15, 0.2) is 0 Å². The van der Waals surface area contributed by atoms with Crippen molar-refractivity contribution in [2.75, 3.05) is 18.0 Å². The van der Waals surface area contributed by atoms with Crippen LogP contribution in [0.3, 0.4) is 0 Å². The zero-order valence-electron chi connectivity index (χ0n) is 18.0. The molecule has 0 radical (unpaired) electrons. The molecule has 0 aromatic heterocycles. The SMILES string of the molecule is N#Cc1ccc(C2NC(N3CCC(N)CC3)CC(=O)N2c2ccc(C3CC3)cc2)cc1F. The maximum Gasteiger partial charge on any atom is 0.231 e. The second-order valence-electron chi connectivity index (χ2n) is 9.14. The molecule has 1 amide bonds. The number of anilines is 1. The first-order chi connectivity index (χ1) is 15.5. The molecule has 1 aliphatic carbocycles. The van der Waals surface area contributed by atoms with E-state index in [1.807, 2.05) is 18.2 Å². The molecule has 2 aliphatic heterocycles. The zero-order valence-corrected chi connectivity index (χ0v) is 18.0. The molecule has 6 nitrogen and oxygen atoms in total. The first-order valence-corrected chi connectivity index (χ1v) is 11.4. The Kier molecular flexibility index (Phi) is 5.68. The Bertz CT molecular complexity index is 1040. The Balaban J connectivity index is 1.47. The summed E-state index contributed by atoms with van der Waals surface area (Å²) >= 11 is 0. The second-order valence-corrected chi connectivity index (χ2v) is 9.14. The summed E-state index contributed by atoms with van der Waals surface area (Å²) in [5, 5.41) is 12.7. The molecule has 3 aliphatic rings. The van der Waals surface area contributed by atoms with E-state index < -0.39 is 12.0 Å². The number of likely N-dealkylation sites (tertiary alicyclic amines) is 1.